The van der Waals surface area contributed by atoms with Crippen LogP contribution in [0.5, 0.6) is 0 Å². The predicted octanol–water partition coefficient (Wildman–Crippen LogP) is 3.89. The van der Waals surface area contributed by atoms with Crippen LogP contribution in [0.2, 0.25) is 0 Å². The van der Waals surface area contributed by atoms with Crippen molar-refractivity contribution in [3.63, 3.8) is 0 Å². The van der Waals surface area contributed by atoms with Gasteiger partial charge >= 0.3 is 0 Å². The van der Waals surface area contributed by atoms with Crippen molar-refractivity contribution in [1.29, 1.82) is 0 Å². The summed E-state index contributed by atoms with van der Waals surface area (Å²) in [4.78, 5) is 23.0. The first kappa shape index (κ1) is 18.6. The van der Waals surface area contributed by atoms with Crippen molar-refractivity contribution in [2.75, 3.05) is 0 Å². The van der Waals surface area contributed by atoms with E-state index in [1.54, 1.807) is 23.6 Å². The minimum Gasteiger partial charge on any atom is -0.467 e. The number of pyridine rings is 1. The largest absolute Gasteiger partial charge is 0.467 e. The maximum absolute atomic E-state index is 12.9. The molecule has 0 fully saturated rings. The summed E-state index contributed by atoms with van der Waals surface area (Å²) in [5.74, 6) is 1.66. The van der Waals surface area contributed by atoms with E-state index in [1.807, 2.05) is 54.6 Å². The van der Waals surface area contributed by atoms with Crippen LogP contribution in [0, 0.1) is 0 Å². The maximum atomic E-state index is 12.9. The number of aryl methyl sites for hydroxylation is 1. The first-order valence-electron chi connectivity index (χ1n) is 9.35. The second-order valence-corrected chi connectivity index (χ2v) is 6.56. The van der Waals surface area contributed by atoms with Gasteiger partial charge in [-0.15, -0.1) is 0 Å². The number of carbonyl (C=O) groups excluding carboxylic acids is 1. The van der Waals surface area contributed by atoms with E-state index in [0.717, 1.165) is 16.9 Å². The van der Waals surface area contributed by atoms with Crippen molar-refractivity contribution >= 4 is 5.91 Å². The Bertz CT molecular complexity index is 1030. The van der Waals surface area contributed by atoms with Gasteiger partial charge in [-0.25, -0.2) is 0 Å². The van der Waals surface area contributed by atoms with Crippen LogP contribution in [0.1, 0.15) is 23.6 Å². The van der Waals surface area contributed by atoms with Gasteiger partial charge in [0.1, 0.15) is 5.76 Å². The van der Waals surface area contributed by atoms with Gasteiger partial charge in [0.25, 0.3) is 0 Å². The molecule has 3 heterocycles. The molecule has 0 aliphatic carbocycles. The number of carbonyl (C=O) groups is 1. The normalized spacial score (nSPS) is 10.8. The van der Waals surface area contributed by atoms with Crippen LogP contribution in [-0.4, -0.2) is 25.9 Å². The van der Waals surface area contributed by atoms with Gasteiger partial charge in [-0.2, -0.15) is 4.98 Å². The van der Waals surface area contributed by atoms with Gasteiger partial charge in [0.05, 0.1) is 12.8 Å². The van der Waals surface area contributed by atoms with E-state index in [4.69, 9.17) is 8.94 Å². The molecule has 0 bridgehead atoms. The molecule has 3 aromatic heterocycles. The maximum Gasteiger partial charge on any atom is 0.227 e. The number of hydrogen-bond acceptors (Lipinski definition) is 6. The fourth-order valence-corrected chi connectivity index (χ4v) is 2.97. The Morgan fingerprint density at radius 1 is 0.966 bits per heavy atom. The quantitative estimate of drug-likeness (QED) is 0.455. The molecule has 0 unspecified atom stereocenters. The molecule has 0 aliphatic heterocycles. The summed E-state index contributed by atoms with van der Waals surface area (Å²) >= 11 is 0. The fourth-order valence-electron chi connectivity index (χ4n) is 2.97. The molecule has 7 heteroatoms. The molecule has 1 amide bonds. The molecular weight excluding hydrogens is 368 g/mol. The van der Waals surface area contributed by atoms with Crippen molar-refractivity contribution in [2.24, 2.45) is 0 Å². The minimum atomic E-state index is -0.00564. The molecule has 0 spiro atoms. The zero-order chi connectivity index (χ0) is 19.9. The average Bonchev–Trinajstić information content (AvgIpc) is 3.45. The lowest BCUT2D eigenvalue weighted by Gasteiger charge is -2.21. The fraction of sp³-hybridized carbons (Fsp3) is 0.182. The third-order valence-electron chi connectivity index (χ3n) is 4.46. The highest BCUT2D eigenvalue weighted by Crippen LogP contribution is 2.16. The van der Waals surface area contributed by atoms with Crippen molar-refractivity contribution in [3.05, 3.63) is 90.5 Å². The molecular formula is C22H20N4O3. The number of amides is 1. The van der Waals surface area contributed by atoms with Gasteiger partial charge < -0.3 is 13.8 Å². The van der Waals surface area contributed by atoms with Gasteiger partial charge in [-0.1, -0.05) is 35.5 Å². The first-order chi connectivity index (χ1) is 14.3. The molecule has 0 saturated heterocycles. The Morgan fingerprint density at radius 3 is 2.55 bits per heavy atom. The van der Waals surface area contributed by atoms with E-state index < -0.39 is 0 Å². The Balaban J connectivity index is 1.41. The molecule has 4 aromatic rings. The minimum absolute atomic E-state index is 0.00564. The number of aromatic nitrogens is 3. The Hall–Kier alpha value is -3.74. The summed E-state index contributed by atoms with van der Waals surface area (Å²) in [6.45, 7) is 0.916. The number of nitrogens with zero attached hydrogens (tertiary/aromatic N) is 4. The molecule has 4 rings (SSSR count). The van der Waals surface area contributed by atoms with Crippen LogP contribution >= 0.6 is 0 Å². The van der Waals surface area contributed by atoms with Crippen molar-refractivity contribution in [1.82, 2.24) is 20.0 Å². The third-order valence-corrected chi connectivity index (χ3v) is 4.46. The molecule has 7 nitrogen and oxygen atoms in total. The number of hydrogen-bond donors (Lipinski definition) is 0. The molecule has 146 valence electrons. The number of benzene rings is 1. The Morgan fingerprint density at radius 2 is 1.79 bits per heavy atom. The summed E-state index contributed by atoms with van der Waals surface area (Å²) in [5.41, 5.74) is 1.88. The highest BCUT2D eigenvalue weighted by atomic mass is 16.5. The molecule has 0 radical (unpaired) electrons. The second kappa shape index (κ2) is 8.97. The lowest BCUT2D eigenvalue weighted by Crippen LogP contribution is -2.30. The van der Waals surface area contributed by atoms with Gasteiger partial charge in [0.15, 0.2) is 0 Å². The van der Waals surface area contributed by atoms with Crippen molar-refractivity contribution in [3.8, 4) is 11.4 Å². The average molecular weight is 388 g/mol. The SMILES string of the molecule is O=C(CCc1nc(-c2ccncc2)no1)N(Cc1ccccc1)Cc1ccco1. The summed E-state index contributed by atoms with van der Waals surface area (Å²) in [7, 11) is 0. The van der Waals surface area contributed by atoms with Gasteiger partial charge in [-0.05, 0) is 29.8 Å². The smallest absolute Gasteiger partial charge is 0.227 e. The van der Waals surface area contributed by atoms with Gasteiger partial charge in [0.2, 0.25) is 17.6 Å². The molecule has 0 N–H and O–H groups in total. The molecule has 0 saturated carbocycles. The topological polar surface area (TPSA) is 85.3 Å². The lowest BCUT2D eigenvalue weighted by molar-refractivity contribution is -0.132. The standard InChI is InChI=1S/C22H20N4O3/c27-21(9-8-20-24-22(25-29-20)18-10-12-23-13-11-18)26(16-19-7-4-14-28-19)15-17-5-2-1-3-6-17/h1-7,10-14H,8-9,15-16H2. The first-order valence-corrected chi connectivity index (χ1v) is 9.35. The molecule has 29 heavy (non-hydrogen) atoms. The van der Waals surface area contributed by atoms with Crippen molar-refractivity contribution < 1.29 is 13.7 Å². The summed E-state index contributed by atoms with van der Waals surface area (Å²) in [6.07, 6.45) is 5.60. The number of furan rings is 1. The van der Waals surface area contributed by atoms with E-state index in [9.17, 15) is 4.79 Å². The predicted molar refractivity (Wildman–Crippen MR) is 105 cm³/mol. The van der Waals surface area contributed by atoms with Crippen LogP contribution in [-0.2, 0) is 24.3 Å². The van der Waals surface area contributed by atoms with E-state index in [1.165, 1.54) is 0 Å². The molecule has 0 atom stereocenters. The Labute approximate surface area is 168 Å². The van der Waals surface area contributed by atoms with Gasteiger partial charge in [0, 0.05) is 37.3 Å². The second-order valence-electron chi connectivity index (χ2n) is 6.56. The highest BCUT2D eigenvalue weighted by molar-refractivity contribution is 5.76. The van der Waals surface area contributed by atoms with E-state index in [2.05, 4.69) is 15.1 Å². The van der Waals surface area contributed by atoms with Crippen molar-refractivity contribution in [2.45, 2.75) is 25.9 Å². The van der Waals surface area contributed by atoms with E-state index >= 15 is 0 Å². The lowest BCUT2D eigenvalue weighted by atomic mass is 10.2. The molecule has 0 aliphatic rings. The van der Waals surface area contributed by atoms with E-state index in [0.29, 0.717) is 31.2 Å². The highest BCUT2D eigenvalue weighted by Gasteiger charge is 2.18. The molecule has 1 aromatic carbocycles. The summed E-state index contributed by atoms with van der Waals surface area (Å²) in [5, 5.41) is 3.98. The van der Waals surface area contributed by atoms with Crippen LogP contribution in [0.25, 0.3) is 11.4 Å². The monoisotopic (exact) mass is 388 g/mol. The van der Waals surface area contributed by atoms with Crippen LogP contribution < -0.4 is 0 Å². The summed E-state index contributed by atoms with van der Waals surface area (Å²) in [6, 6.07) is 17.2. The van der Waals surface area contributed by atoms with Crippen LogP contribution in [0.4, 0.5) is 0 Å². The zero-order valence-corrected chi connectivity index (χ0v) is 15.8. The van der Waals surface area contributed by atoms with E-state index in [-0.39, 0.29) is 12.3 Å². The third kappa shape index (κ3) is 4.95. The van der Waals surface area contributed by atoms with Crippen LogP contribution in [0.3, 0.4) is 0 Å². The zero-order valence-electron chi connectivity index (χ0n) is 15.8. The number of rotatable bonds is 8. The Kier molecular flexibility index (Phi) is 5.76. The van der Waals surface area contributed by atoms with Gasteiger partial charge in [-0.3, -0.25) is 9.78 Å². The summed E-state index contributed by atoms with van der Waals surface area (Å²) < 4.78 is 10.7. The van der Waals surface area contributed by atoms with Crippen LogP contribution in [0.15, 0.2) is 82.2 Å².